The van der Waals surface area contributed by atoms with Gasteiger partial charge in [0, 0.05) is 29.5 Å². The lowest BCUT2D eigenvalue weighted by molar-refractivity contribution is -0.122. The van der Waals surface area contributed by atoms with E-state index in [4.69, 9.17) is 9.15 Å². The summed E-state index contributed by atoms with van der Waals surface area (Å²) in [5.74, 6) is 1.49. The summed E-state index contributed by atoms with van der Waals surface area (Å²) in [6.45, 7) is 5.27. The molecule has 7 heteroatoms. The Morgan fingerprint density at radius 2 is 1.97 bits per heavy atom. The van der Waals surface area contributed by atoms with Crippen molar-refractivity contribution in [3.8, 4) is 17.2 Å². The smallest absolute Gasteiger partial charge is 0.240 e. The first-order valence-corrected chi connectivity index (χ1v) is 11.9. The van der Waals surface area contributed by atoms with Gasteiger partial charge in [-0.2, -0.15) is 5.10 Å². The molecule has 0 bridgehead atoms. The number of carbonyl (C=O) groups excluding carboxylic acids is 1. The second kappa shape index (κ2) is 9.35. The third kappa shape index (κ3) is 4.64. The summed E-state index contributed by atoms with van der Waals surface area (Å²) < 4.78 is 12.2. The summed E-state index contributed by atoms with van der Waals surface area (Å²) in [6, 6.07) is 14.2. The molecule has 2 aliphatic rings. The van der Waals surface area contributed by atoms with Gasteiger partial charge in [-0.3, -0.25) is 4.79 Å². The van der Waals surface area contributed by atoms with Crippen LogP contribution in [0.5, 0.6) is 5.75 Å². The van der Waals surface area contributed by atoms with E-state index >= 15 is 0 Å². The van der Waals surface area contributed by atoms with Gasteiger partial charge in [0.25, 0.3) is 0 Å². The number of nitrogens with zero attached hydrogens (tertiary/aromatic N) is 2. The number of benzene rings is 2. The van der Waals surface area contributed by atoms with Gasteiger partial charge in [-0.05, 0) is 69.1 Å². The van der Waals surface area contributed by atoms with Crippen LogP contribution in [0.4, 0.5) is 0 Å². The van der Waals surface area contributed by atoms with Crippen LogP contribution >= 0.6 is 0 Å². The van der Waals surface area contributed by atoms with Crippen molar-refractivity contribution < 1.29 is 13.9 Å². The Morgan fingerprint density at radius 3 is 2.73 bits per heavy atom. The monoisotopic (exact) mass is 446 g/mol. The Hall–Kier alpha value is -3.19. The minimum Gasteiger partial charge on any atom is -0.489 e. The van der Waals surface area contributed by atoms with Crippen LogP contribution in [0.15, 0.2) is 52.0 Å². The van der Waals surface area contributed by atoms with Crippen molar-refractivity contribution in [3.63, 3.8) is 0 Å². The van der Waals surface area contributed by atoms with Crippen LogP contribution in [-0.4, -0.2) is 35.3 Å². The zero-order chi connectivity index (χ0) is 22.8. The van der Waals surface area contributed by atoms with Crippen LogP contribution in [0.1, 0.15) is 51.5 Å². The van der Waals surface area contributed by atoms with E-state index in [9.17, 15) is 4.79 Å². The molecule has 1 fully saturated rings. The fraction of sp³-hybridized carbons (Fsp3) is 0.423. The zero-order valence-corrected chi connectivity index (χ0v) is 19.1. The quantitative estimate of drug-likeness (QED) is 0.575. The molecular weight excluding hydrogens is 416 g/mol. The lowest BCUT2D eigenvalue weighted by atomic mass is 9.90. The molecule has 3 heterocycles. The van der Waals surface area contributed by atoms with Gasteiger partial charge >= 0.3 is 0 Å². The first-order chi connectivity index (χ1) is 16.1. The van der Waals surface area contributed by atoms with Gasteiger partial charge in [0.2, 0.25) is 11.8 Å². The summed E-state index contributed by atoms with van der Waals surface area (Å²) in [5, 5.41) is 7.86. The highest BCUT2D eigenvalue weighted by Crippen LogP contribution is 2.29. The maximum absolute atomic E-state index is 11.7. The molecule has 0 aliphatic carbocycles. The third-order valence-electron chi connectivity index (χ3n) is 6.63. The fourth-order valence-corrected chi connectivity index (χ4v) is 4.68. The van der Waals surface area contributed by atoms with Gasteiger partial charge in [-0.15, -0.1) is 0 Å². The molecule has 2 N–H and O–H groups in total. The molecule has 0 radical (unpaired) electrons. The molecule has 1 saturated heterocycles. The highest BCUT2D eigenvalue weighted by atomic mass is 16.5. The highest BCUT2D eigenvalue weighted by molar-refractivity contribution is 6.07. The lowest BCUT2D eigenvalue weighted by Crippen LogP contribution is -2.44. The van der Waals surface area contributed by atoms with E-state index in [2.05, 4.69) is 34.7 Å². The molecule has 7 nitrogen and oxygen atoms in total. The number of hydrogen-bond donors (Lipinski definition) is 2. The Labute approximate surface area is 193 Å². The molecule has 3 aromatic rings. The van der Waals surface area contributed by atoms with Gasteiger partial charge in [-0.1, -0.05) is 19.4 Å². The maximum Gasteiger partial charge on any atom is 0.240 e. The molecule has 2 aliphatic heterocycles. The first-order valence-electron chi connectivity index (χ1n) is 11.9. The number of amides is 1. The van der Waals surface area contributed by atoms with Gasteiger partial charge in [0.05, 0.1) is 5.71 Å². The summed E-state index contributed by atoms with van der Waals surface area (Å²) >= 11 is 0. The standard InChI is InChI=1S/C26H30N4O3/c1-3-17-15-24(31)29-30-25(17)19-9-12-22-23(14-19)33-26(28-22)18-7-10-20(11-8-18)32-16(2)21-6-4-5-13-27-21/h7-12,14,16-17,21,27H,3-6,13,15H2,1-2H3,(H,29,31). The largest absolute Gasteiger partial charge is 0.489 e. The third-order valence-corrected chi connectivity index (χ3v) is 6.63. The van der Waals surface area contributed by atoms with E-state index in [1.807, 2.05) is 42.5 Å². The number of carbonyl (C=O) groups is 1. The van der Waals surface area contributed by atoms with Crippen LogP contribution in [0.2, 0.25) is 0 Å². The fourth-order valence-electron chi connectivity index (χ4n) is 4.68. The van der Waals surface area contributed by atoms with E-state index in [0.29, 0.717) is 23.9 Å². The van der Waals surface area contributed by atoms with Crippen LogP contribution in [0, 0.1) is 5.92 Å². The SMILES string of the molecule is CCC1CC(=O)NN=C1c1ccc2nc(-c3ccc(OC(C)C4CCCCN4)cc3)oc2c1. The predicted molar refractivity (Wildman–Crippen MR) is 128 cm³/mol. The van der Waals surface area contributed by atoms with Crippen LogP contribution in [0.25, 0.3) is 22.6 Å². The second-order valence-corrected chi connectivity index (χ2v) is 8.95. The van der Waals surface area contributed by atoms with Crippen LogP contribution < -0.4 is 15.5 Å². The molecule has 0 saturated carbocycles. The second-order valence-electron chi connectivity index (χ2n) is 8.95. The van der Waals surface area contributed by atoms with Gasteiger partial charge in [0.15, 0.2) is 5.58 Å². The summed E-state index contributed by atoms with van der Waals surface area (Å²) in [7, 11) is 0. The van der Waals surface area contributed by atoms with E-state index in [1.165, 1.54) is 12.8 Å². The summed E-state index contributed by atoms with van der Waals surface area (Å²) in [4.78, 5) is 16.3. The van der Waals surface area contributed by atoms with Gasteiger partial charge in [0.1, 0.15) is 17.4 Å². The van der Waals surface area contributed by atoms with Crippen molar-refractivity contribution in [2.45, 2.75) is 58.1 Å². The van der Waals surface area contributed by atoms with Crippen molar-refractivity contribution in [1.29, 1.82) is 0 Å². The number of aromatic nitrogens is 1. The van der Waals surface area contributed by atoms with E-state index in [1.54, 1.807) is 0 Å². The Kier molecular flexibility index (Phi) is 6.13. The molecule has 5 rings (SSSR count). The highest BCUT2D eigenvalue weighted by Gasteiger charge is 2.25. The van der Waals surface area contributed by atoms with Crippen LogP contribution in [-0.2, 0) is 4.79 Å². The Morgan fingerprint density at radius 1 is 1.15 bits per heavy atom. The molecule has 3 unspecified atom stereocenters. The molecule has 1 aromatic heterocycles. The van der Waals surface area contributed by atoms with Crippen molar-refractivity contribution in [1.82, 2.24) is 15.7 Å². The molecule has 3 atom stereocenters. The van der Waals surface area contributed by atoms with Crippen LogP contribution in [0.3, 0.4) is 0 Å². The van der Waals surface area contributed by atoms with Crippen molar-refractivity contribution in [2.24, 2.45) is 11.0 Å². The Bertz CT molecular complexity index is 1160. The molecule has 33 heavy (non-hydrogen) atoms. The number of hydrogen-bond acceptors (Lipinski definition) is 6. The lowest BCUT2D eigenvalue weighted by Gasteiger charge is -2.29. The average molecular weight is 447 g/mol. The van der Waals surface area contributed by atoms with E-state index in [-0.39, 0.29) is 17.9 Å². The van der Waals surface area contributed by atoms with E-state index in [0.717, 1.165) is 47.5 Å². The minimum absolute atomic E-state index is 0.0366. The minimum atomic E-state index is -0.0366. The van der Waals surface area contributed by atoms with Crippen molar-refractivity contribution in [2.75, 3.05) is 6.54 Å². The molecule has 2 aromatic carbocycles. The van der Waals surface area contributed by atoms with Gasteiger partial charge in [-0.25, -0.2) is 10.4 Å². The number of fused-ring (bicyclic) bond motifs is 1. The molecule has 0 spiro atoms. The summed E-state index contributed by atoms with van der Waals surface area (Å²) in [5.41, 5.74) is 6.83. The van der Waals surface area contributed by atoms with Crippen molar-refractivity contribution >= 4 is 22.7 Å². The van der Waals surface area contributed by atoms with Gasteiger partial charge < -0.3 is 14.5 Å². The first kappa shape index (κ1) is 21.6. The number of rotatable bonds is 6. The number of ether oxygens (including phenoxy) is 1. The van der Waals surface area contributed by atoms with E-state index < -0.39 is 0 Å². The molecular formula is C26H30N4O3. The number of hydrazone groups is 1. The number of nitrogens with one attached hydrogen (secondary N) is 2. The average Bonchev–Trinajstić information content (AvgIpc) is 3.28. The zero-order valence-electron chi connectivity index (χ0n) is 19.1. The molecule has 172 valence electrons. The molecule has 1 amide bonds. The number of piperidine rings is 1. The normalized spacial score (nSPS) is 22.0. The van der Waals surface area contributed by atoms with Crippen molar-refractivity contribution in [3.05, 3.63) is 48.0 Å². The number of oxazole rings is 1. The Balaban J connectivity index is 1.33. The maximum atomic E-state index is 11.7. The predicted octanol–water partition coefficient (Wildman–Crippen LogP) is 4.65. The summed E-state index contributed by atoms with van der Waals surface area (Å²) in [6.07, 6.45) is 5.09. The topological polar surface area (TPSA) is 88.8 Å².